The third kappa shape index (κ3) is 2.54. The van der Waals surface area contributed by atoms with Crippen molar-refractivity contribution in [3.05, 3.63) is 29.6 Å². The maximum absolute atomic E-state index is 12.4. The summed E-state index contributed by atoms with van der Waals surface area (Å²) >= 11 is 0. The molecule has 0 radical (unpaired) electrons. The standard InChI is InChI=1S/C16H19N3O/c17-6-1-2-13-10-18-7-5-14(13)16(20)19-15-9-11-3-4-12(15)8-11/h5,7,10-12,15H,3-4,6,8-9,17H2,(H,19,20). The number of carbonyl (C=O) groups is 1. The minimum atomic E-state index is -0.0359. The van der Waals surface area contributed by atoms with Crippen molar-refractivity contribution < 1.29 is 4.79 Å². The third-order valence-electron chi connectivity index (χ3n) is 4.45. The molecule has 2 saturated carbocycles. The van der Waals surface area contributed by atoms with Gasteiger partial charge in [-0.05, 0) is 37.2 Å². The lowest BCUT2D eigenvalue weighted by atomic mass is 9.95. The number of nitrogens with zero attached hydrogens (tertiary/aromatic N) is 1. The van der Waals surface area contributed by atoms with Crippen LogP contribution in [-0.2, 0) is 0 Å². The average Bonchev–Trinajstić information content (AvgIpc) is 3.08. The molecule has 3 unspecified atom stereocenters. The molecule has 1 aromatic rings. The van der Waals surface area contributed by atoms with E-state index in [0.717, 1.165) is 12.3 Å². The van der Waals surface area contributed by atoms with Gasteiger partial charge in [-0.3, -0.25) is 9.78 Å². The lowest BCUT2D eigenvalue weighted by molar-refractivity contribution is 0.0922. The molecule has 2 aliphatic carbocycles. The van der Waals surface area contributed by atoms with Gasteiger partial charge in [-0.2, -0.15) is 0 Å². The van der Waals surface area contributed by atoms with Crippen molar-refractivity contribution in [2.45, 2.75) is 31.7 Å². The van der Waals surface area contributed by atoms with Crippen molar-refractivity contribution in [1.82, 2.24) is 10.3 Å². The normalized spacial score (nSPS) is 26.9. The van der Waals surface area contributed by atoms with Crippen molar-refractivity contribution in [3.8, 4) is 11.8 Å². The molecule has 1 amide bonds. The SMILES string of the molecule is NCC#Cc1cnccc1C(=O)NC1CC2CCC1C2. The van der Waals surface area contributed by atoms with Crippen LogP contribution >= 0.6 is 0 Å². The monoisotopic (exact) mass is 269 g/mol. The number of nitrogens with one attached hydrogen (secondary N) is 1. The number of pyridine rings is 1. The van der Waals surface area contributed by atoms with Crippen molar-refractivity contribution in [1.29, 1.82) is 0 Å². The summed E-state index contributed by atoms with van der Waals surface area (Å²) in [6.45, 7) is 0.280. The lowest BCUT2D eigenvalue weighted by Gasteiger charge is -2.23. The smallest absolute Gasteiger partial charge is 0.252 e. The number of nitrogens with two attached hydrogens (primary N) is 1. The van der Waals surface area contributed by atoms with Crippen LogP contribution in [0.2, 0.25) is 0 Å². The predicted octanol–water partition coefficient (Wildman–Crippen LogP) is 1.31. The Kier molecular flexibility index (Phi) is 3.70. The second-order valence-corrected chi connectivity index (χ2v) is 5.68. The highest BCUT2D eigenvalue weighted by Crippen LogP contribution is 2.44. The summed E-state index contributed by atoms with van der Waals surface area (Å²) in [7, 11) is 0. The van der Waals surface area contributed by atoms with Crippen LogP contribution in [0, 0.1) is 23.7 Å². The molecule has 4 heteroatoms. The average molecular weight is 269 g/mol. The van der Waals surface area contributed by atoms with E-state index in [1.54, 1.807) is 18.5 Å². The Morgan fingerprint density at radius 1 is 1.45 bits per heavy atom. The minimum absolute atomic E-state index is 0.0359. The van der Waals surface area contributed by atoms with E-state index in [1.807, 2.05) is 0 Å². The van der Waals surface area contributed by atoms with E-state index < -0.39 is 0 Å². The first-order valence-electron chi connectivity index (χ1n) is 7.21. The molecule has 1 heterocycles. The maximum atomic E-state index is 12.4. The van der Waals surface area contributed by atoms with E-state index in [4.69, 9.17) is 5.73 Å². The molecule has 2 bridgehead atoms. The van der Waals surface area contributed by atoms with E-state index in [0.29, 0.717) is 23.1 Å². The Labute approximate surface area is 119 Å². The summed E-state index contributed by atoms with van der Waals surface area (Å²) in [6.07, 6.45) is 8.25. The Morgan fingerprint density at radius 3 is 3.05 bits per heavy atom. The van der Waals surface area contributed by atoms with Crippen LogP contribution in [0.4, 0.5) is 0 Å². The molecule has 104 valence electrons. The van der Waals surface area contributed by atoms with Crippen LogP contribution < -0.4 is 11.1 Å². The largest absolute Gasteiger partial charge is 0.349 e. The van der Waals surface area contributed by atoms with Crippen LogP contribution in [0.5, 0.6) is 0 Å². The van der Waals surface area contributed by atoms with E-state index in [1.165, 1.54) is 19.3 Å². The zero-order valence-electron chi connectivity index (χ0n) is 11.4. The number of aromatic nitrogens is 1. The zero-order chi connectivity index (χ0) is 13.9. The van der Waals surface area contributed by atoms with Gasteiger partial charge in [0.15, 0.2) is 0 Å². The molecule has 1 aromatic heterocycles. The van der Waals surface area contributed by atoms with Gasteiger partial charge in [0.1, 0.15) is 0 Å². The first kappa shape index (κ1) is 13.1. The van der Waals surface area contributed by atoms with Gasteiger partial charge in [0, 0.05) is 18.4 Å². The molecular formula is C16H19N3O. The fourth-order valence-electron chi connectivity index (χ4n) is 3.51. The van der Waals surface area contributed by atoms with E-state index in [2.05, 4.69) is 22.1 Å². The predicted molar refractivity (Wildman–Crippen MR) is 76.9 cm³/mol. The Hall–Kier alpha value is -1.86. The number of rotatable bonds is 2. The number of carbonyl (C=O) groups excluding carboxylic acids is 1. The number of hydrogen-bond acceptors (Lipinski definition) is 3. The molecule has 3 atom stereocenters. The van der Waals surface area contributed by atoms with Gasteiger partial charge in [-0.1, -0.05) is 18.3 Å². The highest BCUT2D eigenvalue weighted by molar-refractivity contribution is 5.96. The van der Waals surface area contributed by atoms with Crippen molar-refractivity contribution >= 4 is 5.91 Å². The van der Waals surface area contributed by atoms with Crippen LogP contribution in [0.15, 0.2) is 18.5 Å². The number of amides is 1. The van der Waals surface area contributed by atoms with Crippen LogP contribution in [0.3, 0.4) is 0 Å². The van der Waals surface area contributed by atoms with Gasteiger partial charge in [-0.15, -0.1) is 0 Å². The quantitative estimate of drug-likeness (QED) is 0.795. The Morgan fingerprint density at radius 2 is 2.35 bits per heavy atom. The second-order valence-electron chi connectivity index (χ2n) is 5.68. The molecule has 4 nitrogen and oxygen atoms in total. The summed E-state index contributed by atoms with van der Waals surface area (Å²) in [5.41, 5.74) is 6.63. The summed E-state index contributed by atoms with van der Waals surface area (Å²) in [5.74, 6) is 7.15. The van der Waals surface area contributed by atoms with Crippen molar-refractivity contribution in [3.63, 3.8) is 0 Å². The van der Waals surface area contributed by atoms with Crippen LogP contribution in [0.1, 0.15) is 41.6 Å². The van der Waals surface area contributed by atoms with Gasteiger partial charge >= 0.3 is 0 Å². The van der Waals surface area contributed by atoms with Crippen LogP contribution in [0.25, 0.3) is 0 Å². The summed E-state index contributed by atoms with van der Waals surface area (Å²) in [5, 5.41) is 3.18. The first-order chi connectivity index (χ1) is 9.78. The van der Waals surface area contributed by atoms with Gasteiger partial charge < -0.3 is 11.1 Å². The third-order valence-corrected chi connectivity index (χ3v) is 4.45. The number of hydrogen-bond donors (Lipinski definition) is 2. The van der Waals surface area contributed by atoms with Gasteiger partial charge in [0.2, 0.25) is 0 Å². The number of fused-ring (bicyclic) bond motifs is 2. The summed E-state index contributed by atoms with van der Waals surface area (Å²) in [6, 6.07) is 2.06. The van der Waals surface area contributed by atoms with Gasteiger partial charge in [-0.25, -0.2) is 0 Å². The van der Waals surface area contributed by atoms with E-state index >= 15 is 0 Å². The zero-order valence-corrected chi connectivity index (χ0v) is 11.4. The lowest BCUT2D eigenvalue weighted by Crippen LogP contribution is -2.38. The van der Waals surface area contributed by atoms with E-state index in [-0.39, 0.29) is 12.5 Å². The molecule has 20 heavy (non-hydrogen) atoms. The topological polar surface area (TPSA) is 68.0 Å². The van der Waals surface area contributed by atoms with Gasteiger partial charge in [0.05, 0.1) is 17.7 Å². The molecule has 0 aliphatic heterocycles. The molecule has 3 N–H and O–H groups in total. The van der Waals surface area contributed by atoms with Gasteiger partial charge in [0.25, 0.3) is 5.91 Å². The summed E-state index contributed by atoms with van der Waals surface area (Å²) < 4.78 is 0. The fourth-order valence-corrected chi connectivity index (χ4v) is 3.51. The Balaban J connectivity index is 1.74. The Bertz CT molecular complexity index is 573. The molecule has 0 saturated heterocycles. The molecule has 3 rings (SSSR count). The molecule has 0 aromatic carbocycles. The molecule has 2 fully saturated rings. The molecule has 0 spiro atoms. The molecule has 2 aliphatic rings. The highest BCUT2D eigenvalue weighted by atomic mass is 16.1. The molecular weight excluding hydrogens is 250 g/mol. The maximum Gasteiger partial charge on any atom is 0.252 e. The van der Waals surface area contributed by atoms with E-state index in [9.17, 15) is 4.79 Å². The van der Waals surface area contributed by atoms with Crippen molar-refractivity contribution in [2.24, 2.45) is 17.6 Å². The highest BCUT2D eigenvalue weighted by Gasteiger charge is 2.40. The van der Waals surface area contributed by atoms with Crippen LogP contribution in [-0.4, -0.2) is 23.5 Å². The second kappa shape index (κ2) is 5.64. The minimum Gasteiger partial charge on any atom is -0.349 e. The first-order valence-corrected chi connectivity index (χ1v) is 7.21. The van der Waals surface area contributed by atoms with Crippen molar-refractivity contribution in [2.75, 3.05) is 6.54 Å². The fraction of sp³-hybridized carbons (Fsp3) is 0.500. The summed E-state index contributed by atoms with van der Waals surface area (Å²) in [4.78, 5) is 16.5.